The van der Waals surface area contributed by atoms with Gasteiger partial charge in [-0.2, -0.15) is 0 Å². The van der Waals surface area contributed by atoms with Gasteiger partial charge >= 0.3 is 0 Å². The fourth-order valence-corrected chi connectivity index (χ4v) is 0.957. The van der Waals surface area contributed by atoms with Crippen molar-refractivity contribution >= 4 is 24.2 Å². The summed E-state index contributed by atoms with van der Waals surface area (Å²) in [5, 5.41) is 2.96. The molecule has 0 spiro atoms. The van der Waals surface area contributed by atoms with Crippen molar-refractivity contribution in [3.05, 3.63) is 24.4 Å². The van der Waals surface area contributed by atoms with Gasteiger partial charge in [-0.15, -0.1) is 12.4 Å². The molecular weight excluding hydrogens is 190 g/mol. The molecule has 0 aliphatic carbocycles. The molecule has 0 radical (unpaired) electrons. The quantitative estimate of drug-likeness (QED) is 0.742. The van der Waals surface area contributed by atoms with E-state index >= 15 is 0 Å². The lowest BCUT2D eigenvalue weighted by molar-refractivity contribution is 0.346. The molecule has 1 aromatic rings. The standard InChI is InChI=1S/C8H9N3O.ClH/c1-2-4-9-7(3-1)11-8-10-5-6-12-8;/h1-4H,5-6H2,(H,9,10,11);1H. The first-order valence-electron chi connectivity index (χ1n) is 3.80. The van der Waals surface area contributed by atoms with Gasteiger partial charge in [-0.3, -0.25) is 5.32 Å². The van der Waals surface area contributed by atoms with E-state index in [4.69, 9.17) is 4.74 Å². The highest BCUT2D eigenvalue weighted by Crippen LogP contribution is 2.02. The molecule has 2 rings (SSSR count). The zero-order valence-corrected chi connectivity index (χ0v) is 7.75. The Morgan fingerprint density at radius 2 is 2.31 bits per heavy atom. The Labute approximate surface area is 82.5 Å². The molecule has 0 amide bonds. The number of aromatic nitrogens is 1. The highest BCUT2D eigenvalue weighted by molar-refractivity contribution is 5.88. The van der Waals surface area contributed by atoms with E-state index in [1.807, 2.05) is 18.2 Å². The maximum atomic E-state index is 5.16. The average molecular weight is 200 g/mol. The zero-order valence-electron chi connectivity index (χ0n) is 6.93. The summed E-state index contributed by atoms with van der Waals surface area (Å²) in [6.45, 7) is 1.39. The van der Waals surface area contributed by atoms with Crippen molar-refractivity contribution in [2.75, 3.05) is 18.5 Å². The summed E-state index contributed by atoms with van der Waals surface area (Å²) in [6.07, 6.45) is 1.72. The minimum absolute atomic E-state index is 0. The van der Waals surface area contributed by atoms with Crippen LogP contribution in [0.1, 0.15) is 0 Å². The number of hydrogen-bond acceptors (Lipinski definition) is 4. The second kappa shape index (κ2) is 4.67. The minimum atomic E-state index is 0. The molecule has 0 saturated carbocycles. The van der Waals surface area contributed by atoms with Gasteiger partial charge in [0, 0.05) is 6.20 Å². The van der Waals surface area contributed by atoms with E-state index in [9.17, 15) is 0 Å². The van der Waals surface area contributed by atoms with Crippen molar-refractivity contribution in [2.45, 2.75) is 0 Å². The molecule has 1 N–H and O–H groups in total. The highest BCUT2D eigenvalue weighted by Gasteiger charge is 2.06. The first kappa shape index (κ1) is 9.80. The summed E-state index contributed by atoms with van der Waals surface area (Å²) >= 11 is 0. The largest absolute Gasteiger partial charge is 0.463 e. The summed E-state index contributed by atoms with van der Waals surface area (Å²) in [7, 11) is 0. The number of rotatable bonds is 1. The van der Waals surface area contributed by atoms with Crippen LogP contribution in [0.25, 0.3) is 0 Å². The van der Waals surface area contributed by atoms with Gasteiger partial charge in [0.1, 0.15) is 12.4 Å². The molecule has 1 aromatic heterocycles. The first-order chi connectivity index (χ1) is 5.95. The minimum Gasteiger partial charge on any atom is -0.463 e. The number of aliphatic imine (C=N–C) groups is 1. The lowest BCUT2D eigenvalue weighted by atomic mass is 10.5. The van der Waals surface area contributed by atoms with Gasteiger partial charge in [0.15, 0.2) is 0 Å². The Morgan fingerprint density at radius 1 is 1.38 bits per heavy atom. The second-order valence-corrected chi connectivity index (χ2v) is 2.38. The van der Waals surface area contributed by atoms with Crippen LogP contribution in [0.4, 0.5) is 5.82 Å². The van der Waals surface area contributed by atoms with Gasteiger partial charge in [-0.25, -0.2) is 9.98 Å². The lowest BCUT2D eigenvalue weighted by Crippen LogP contribution is -2.12. The number of pyridine rings is 1. The van der Waals surface area contributed by atoms with Crippen molar-refractivity contribution in [1.29, 1.82) is 0 Å². The number of anilines is 1. The van der Waals surface area contributed by atoms with Crippen molar-refractivity contribution < 1.29 is 4.74 Å². The number of hydrogen-bond donors (Lipinski definition) is 1. The Bertz CT molecular complexity index is 289. The summed E-state index contributed by atoms with van der Waals surface area (Å²) < 4.78 is 5.16. The Balaban J connectivity index is 0.000000845. The number of nitrogens with one attached hydrogen (secondary N) is 1. The molecule has 2 heterocycles. The monoisotopic (exact) mass is 199 g/mol. The molecule has 4 nitrogen and oxygen atoms in total. The summed E-state index contributed by atoms with van der Waals surface area (Å²) in [5.41, 5.74) is 0. The number of nitrogens with zero attached hydrogens (tertiary/aromatic N) is 2. The van der Waals surface area contributed by atoms with E-state index in [-0.39, 0.29) is 12.4 Å². The smallest absolute Gasteiger partial charge is 0.290 e. The predicted molar refractivity (Wildman–Crippen MR) is 53.4 cm³/mol. The maximum Gasteiger partial charge on any atom is 0.290 e. The lowest BCUT2D eigenvalue weighted by Gasteiger charge is -2.02. The molecule has 1 aliphatic heterocycles. The summed E-state index contributed by atoms with van der Waals surface area (Å²) in [5.74, 6) is 0.762. The van der Waals surface area contributed by atoms with E-state index in [0.29, 0.717) is 12.6 Å². The van der Waals surface area contributed by atoms with Crippen LogP contribution >= 0.6 is 12.4 Å². The summed E-state index contributed by atoms with van der Waals surface area (Å²) in [6, 6.07) is 6.20. The molecule has 5 heteroatoms. The molecule has 1 aliphatic rings. The normalized spacial score (nSPS) is 14.0. The van der Waals surface area contributed by atoms with Crippen LogP contribution < -0.4 is 5.32 Å². The highest BCUT2D eigenvalue weighted by atomic mass is 35.5. The number of amidine groups is 1. The van der Waals surface area contributed by atoms with Crippen LogP contribution in [0.5, 0.6) is 0 Å². The Morgan fingerprint density at radius 3 is 2.92 bits per heavy atom. The van der Waals surface area contributed by atoms with E-state index in [2.05, 4.69) is 15.3 Å². The van der Waals surface area contributed by atoms with Crippen LogP contribution in [0.15, 0.2) is 29.4 Å². The average Bonchev–Trinajstić information content (AvgIpc) is 2.59. The van der Waals surface area contributed by atoms with Crippen LogP contribution in [0.2, 0.25) is 0 Å². The van der Waals surface area contributed by atoms with Crippen molar-refractivity contribution in [2.24, 2.45) is 4.99 Å². The van der Waals surface area contributed by atoms with E-state index in [1.54, 1.807) is 6.20 Å². The molecule has 70 valence electrons. The fraction of sp³-hybridized carbons (Fsp3) is 0.250. The molecule has 13 heavy (non-hydrogen) atoms. The van der Waals surface area contributed by atoms with Gasteiger partial charge in [0.05, 0.1) is 6.54 Å². The third-order valence-electron chi connectivity index (χ3n) is 1.49. The van der Waals surface area contributed by atoms with Crippen molar-refractivity contribution in [3.63, 3.8) is 0 Å². The van der Waals surface area contributed by atoms with E-state index < -0.39 is 0 Å². The van der Waals surface area contributed by atoms with Gasteiger partial charge in [-0.05, 0) is 12.1 Å². The van der Waals surface area contributed by atoms with Crippen LogP contribution in [-0.2, 0) is 4.74 Å². The number of ether oxygens (including phenoxy) is 1. The van der Waals surface area contributed by atoms with Gasteiger partial charge in [0.2, 0.25) is 0 Å². The van der Waals surface area contributed by atoms with Crippen LogP contribution in [0, 0.1) is 0 Å². The second-order valence-electron chi connectivity index (χ2n) is 2.38. The Hall–Kier alpha value is -1.29. The van der Waals surface area contributed by atoms with E-state index in [0.717, 1.165) is 12.4 Å². The van der Waals surface area contributed by atoms with Crippen molar-refractivity contribution in [3.8, 4) is 0 Å². The van der Waals surface area contributed by atoms with Gasteiger partial charge in [-0.1, -0.05) is 6.07 Å². The van der Waals surface area contributed by atoms with Crippen LogP contribution in [0.3, 0.4) is 0 Å². The Kier molecular flexibility index (Phi) is 3.52. The topological polar surface area (TPSA) is 46.5 Å². The SMILES string of the molecule is Cl.c1ccc(NC2=NCCO2)nc1. The molecule has 0 atom stereocenters. The first-order valence-corrected chi connectivity index (χ1v) is 3.80. The summed E-state index contributed by atoms with van der Waals surface area (Å²) in [4.78, 5) is 8.14. The fourth-order valence-electron chi connectivity index (χ4n) is 0.957. The van der Waals surface area contributed by atoms with E-state index in [1.165, 1.54) is 0 Å². The molecule has 0 saturated heterocycles. The molecule has 0 fully saturated rings. The van der Waals surface area contributed by atoms with Crippen molar-refractivity contribution in [1.82, 2.24) is 4.98 Å². The number of halogens is 1. The molecule has 0 aromatic carbocycles. The predicted octanol–water partition coefficient (Wildman–Crippen LogP) is 1.30. The molecule has 0 unspecified atom stereocenters. The third-order valence-corrected chi connectivity index (χ3v) is 1.49. The third kappa shape index (κ3) is 2.59. The molecule has 0 bridgehead atoms. The molecular formula is C8H10ClN3O. The van der Waals surface area contributed by atoms with Gasteiger partial charge < -0.3 is 4.74 Å². The van der Waals surface area contributed by atoms with Crippen LogP contribution in [-0.4, -0.2) is 24.2 Å². The maximum absolute atomic E-state index is 5.16. The zero-order chi connectivity index (χ0) is 8.23. The van der Waals surface area contributed by atoms with Gasteiger partial charge in [0.25, 0.3) is 6.02 Å².